The van der Waals surface area contributed by atoms with Gasteiger partial charge in [-0.2, -0.15) is 0 Å². The van der Waals surface area contributed by atoms with Crippen LogP contribution in [0.1, 0.15) is 23.6 Å². The lowest BCUT2D eigenvalue weighted by Crippen LogP contribution is -2.06. The van der Waals surface area contributed by atoms with Crippen molar-refractivity contribution in [2.45, 2.75) is 20.8 Å². The maximum absolute atomic E-state index is 7.64. The van der Waals surface area contributed by atoms with E-state index in [9.17, 15) is 0 Å². The summed E-state index contributed by atoms with van der Waals surface area (Å²) in [5.41, 5.74) is 3.14. The van der Waals surface area contributed by atoms with Crippen molar-refractivity contribution in [1.82, 2.24) is 0 Å². The second-order valence-corrected chi connectivity index (χ2v) is 3.08. The predicted molar refractivity (Wildman–Crippen MR) is 54.4 cm³/mol. The Bertz CT molecular complexity index is 318. The minimum absolute atomic E-state index is 0.267. The van der Waals surface area contributed by atoms with Gasteiger partial charge in [0, 0.05) is 5.56 Å². The van der Waals surface area contributed by atoms with Gasteiger partial charge in [-0.1, -0.05) is 17.7 Å². The molecule has 0 bridgehead atoms. The number of ether oxygens (including phenoxy) is 1. The molecule has 0 fully saturated rings. The van der Waals surface area contributed by atoms with Crippen molar-refractivity contribution in [3.05, 3.63) is 34.9 Å². The summed E-state index contributed by atoms with van der Waals surface area (Å²) in [4.78, 5) is 0. The molecule has 1 N–H and O–H groups in total. The van der Waals surface area contributed by atoms with Crippen LogP contribution in [0.4, 0.5) is 0 Å². The number of nitrogens with one attached hydrogen (secondary N) is 1. The van der Waals surface area contributed by atoms with Crippen molar-refractivity contribution in [2.75, 3.05) is 6.61 Å². The fourth-order valence-electron chi connectivity index (χ4n) is 1.20. The Kier molecular flexibility index (Phi) is 3.07. The summed E-state index contributed by atoms with van der Waals surface area (Å²) in [5.74, 6) is 0.267. The number of rotatable bonds is 2. The van der Waals surface area contributed by atoms with Crippen molar-refractivity contribution >= 4 is 5.90 Å². The fraction of sp³-hybridized carbons (Fsp3) is 0.364. The smallest absolute Gasteiger partial charge is 0.213 e. The van der Waals surface area contributed by atoms with Gasteiger partial charge in [0.1, 0.15) is 0 Å². The topological polar surface area (TPSA) is 33.1 Å². The molecule has 2 heteroatoms. The third-order valence-corrected chi connectivity index (χ3v) is 1.93. The lowest BCUT2D eigenvalue weighted by atomic mass is 10.1. The van der Waals surface area contributed by atoms with E-state index in [-0.39, 0.29) is 5.90 Å². The standard InChI is InChI=1S/C11H15NO/c1-4-13-11(12)10-7-8(2)5-6-9(10)3/h5-7,12H,4H2,1-3H3. The fourth-order valence-corrected chi connectivity index (χ4v) is 1.20. The van der Waals surface area contributed by atoms with Gasteiger partial charge in [-0.3, -0.25) is 5.41 Å². The lowest BCUT2D eigenvalue weighted by molar-refractivity contribution is 0.325. The zero-order chi connectivity index (χ0) is 9.84. The average molecular weight is 177 g/mol. The van der Waals surface area contributed by atoms with Crippen molar-refractivity contribution in [2.24, 2.45) is 0 Å². The van der Waals surface area contributed by atoms with Crippen LogP contribution in [0.25, 0.3) is 0 Å². The largest absolute Gasteiger partial charge is 0.478 e. The maximum atomic E-state index is 7.64. The first kappa shape index (κ1) is 9.78. The first-order chi connectivity index (χ1) is 6.15. The van der Waals surface area contributed by atoms with Crippen LogP contribution in [0.5, 0.6) is 0 Å². The molecule has 1 rings (SSSR count). The lowest BCUT2D eigenvalue weighted by Gasteiger charge is -2.08. The molecule has 0 unspecified atom stereocenters. The van der Waals surface area contributed by atoms with E-state index in [2.05, 4.69) is 0 Å². The van der Waals surface area contributed by atoms with Crippen LogP contribution in [0.3, 0.4) is 0 Å². The molecule has 0 spiro atoms. The molecule has 0 heterocycles. The van der Waals surface area contributed by atoms with Gasteiger partial charge in [-0.15, -0.1) is 0 Å². The highest BCUT2D eigenvalue weighted by atomic mass is 16.5. The van der Waals surface area contributed by atoms with Crippen molar-refractivity contribution in [3.63, 3.8) is 0 Å². The molecule has 0 saturated carbocycles. The maximum Gasteiger partial charge on any atom is 0.213 e. The van der Waals surface area contributed by atoms with E-state index < -0.39 is 0 Å². The molecular weight excluding hydrogens is 162 g/mol. The Morgan fingerprint density at radius 3 is 2.69 bits per heavy atom. The SMILES string of the molecule is CCOC(=N)c1cc(C)ccc1C. The summed E-state index contributed by atoms with van der Waals surface area (Å²) in [6.45, 7) is 6.44. The van der Waals surface area contributed by atoms with Crippen LogP contribution < -0.4 is 0 Å². The summed E-state index contributed by atoms with van der Waals surface area (Å²) in [6.07, 6.45) is 0. The Balaban J connectivity index is 2.99. The monoisotopic (exact) mass is 177 g/mol. The first-order valence-corrected chi connectivity index (χ1v) is 4.44. The van der Waals surface area contributed by atoms with Gasteiger partial charge in [0.05, 0.1) is 6.61 Å². The highest BCUT2D eigenvalue weighted by molar-refractivity contribution is 5.93. The zero-order valence-electron chi connectivity index (χ0n) is 8.35. The Morgan fingerprint density at radius 2 is 2.08 bits per heavy atom. The van der Waals surface area contributed by atoms with Gasteiger partial charge in [-0.05, 0) is 32.4 Å². The summed E-state index contributed by atoms with van der Waals surface area (Å²) in [7, 11) is 0. The van der Waals surface area contributed by atoms with Gasteiger partial charge < -0.3 is 4.74 Å². The van der Waals surface area contributed by atoms with Gasteiger partial charge in [0.15, 0.2) is 0 Å². The molecule has 2 nitrogen and oxygen atoms in total. The van der Waals surface area contributed by atoms with E-state index >= 15 is 0 Å². The average Bonchev–Trinajstić information content (AvgIpc) is 2.09. The predicted octanol–water partition coefficient (Wildman–Crippen LogP) is 2.67. The molecule has 13 heavy (non-hydrogen) atoms. The second-order valence-electron chi connectivity index (χ2n) is 3.08. The molecule has 0 amide bonds. The molecule has 1 aromatic rings. The molecule has 0 aliphatic rings. The Hall–Kier alpha value is -1.31. The molecule has 0 atom stereocenters. The molecule has 0 aliphatic carbocycles. The summed E-state index contributed by atoms with van der Waals surface area (Å²) < 4.78 is 5.15. The van der Waals surface area contributed by atoms with Crippen molar-refractivity contribution < 1.29 is 4.74 Å². The van der Waals surface area contributed by atoms with E-state index in [0.29, 0.717) is 6.61 Å². The summed E-state index contributed by atoms with van der Waals surface area (Å²) >= 11 is 0. The van der Waals surface area contributed by atoms with Gasteiger partial charge in [0.25, 0.3) is 0 Å². The molecule has 1 aromatic carbocycles. The molecule has 0 aliphatic heterocycles. The van der Waals surface area contributed by atoms with Gasteiger partial charge in [0.2, 0.25) is 5.90 Å². The molecular formula is C11H15NO. The minimum Gasteiger partial charge on any atom is -0.478 e. The summed E-state index contributed by atoms with van der Waals surface area (Å²) in [6, 6.07) is 6.03. The molecule has 0 radical (unpaired) electrons. The van der Waals surface area contributed by atoms with Crippen LogP contribution in [0.2, 0.25) is 0 Å². The summed E-state index contributed by atoms with van der Waals surface area (Å²) in [5, 5.41) is 7.64. The van der Waals surface area contributed by atoms with E-state index in [1.165, 1.54) is 0 Å². The molecule has 0 saturated heterocycles. The van der Waals surface area contributed by atoms with Crippen LogP contribution in [-0.2, 0) is 4.74 Å². The van der Waals surface area contributed by atoms with Crippen LogP contribution in [0, 0.1) is 19.3 Å². The number of aryl methyl sites for hydroxylation is 2. The molecule has 0 aromatic heterocycles. The highest BCUT2D eigenvalue weighted by Gasteiger charge is 2.05. The third-order valence-electron chi connectivity index (χ3n) is 1.93. The number of hydrogen-bond donors (Lipinski definition) is 1. The quantitative estimate of drug-likeness (QED) is 0.546. The van der Waals surface area contributed by atoms with Gasteiger partial charge >= 0.3 is 0 Å². The molecule has 70 valence electrons. The van der Waals surface area contributed by atoms with Gasteiger partial charge in [-0.25, -0.2) is 0 Å². The first-order valence-electron chi connectivity index (χ1n) is 4.44. The van der Waals surface area contributed by atoms with Crippen LogP contribution >= 0.6 is 0 Å². The minimum atomic E-state index is 0.267. The van der Waals surface area contributed by atoms with Crippen molar-refractivity contribution in [3.8, 4) is 0 Å². The zero-order valence-corrected chi connectivity index (χ0v) is 8.35. The normalized spacial score (nSPS) is 9.77. The number of benzene rings is 1. The number of hydrogen-bond acceptors (Lipinski definition) is 2. The Morgan fingerprint density at radius 1 is 1.38 bits per heavy atom. The second kappa shape index (κ2) is 4.08. The third kappa shape index (κ3) is 2.31. The van der Waals surface area contributed by atoms with E-state index in [1.54, 1.807) is 0 Å². The Labute approximate surface area is 79.1 Å². The van der Waals surface area contributed by atoms with Crippen LogP contribution in [-0.4, -0.2) is 12.5 Å². The van der Waals surface area contributed by atoms with Crippen LogP contribution in [0.15, 0.2) is 18.2 Å². The van der Waals surface area contributed by atoms with E-state index in [0.717, 1.165) is 16.7 Å². The highest BCUT2D eigenvalue weighted by Crippen LogP contribution is 2.11. The van der Waals surface area contributed by atoms with E-state index in [4.69, 9.17) is 10.1 Å². The van der Waals surface area contributed by atoms with Crippen molar-refractivity contribution in [1.29, 1.82) is 5.41 Å². The van der Waals surface area contributed by atoms with E-state index in [1.807, 2.05) is 39.0 Å².